The lowest BCUT2D eigenvalue weighted by molar-refractivity contribution is 1.02. The second-order valence-electron chi connectivity index (χ2n) is 2.68. The van der Waals surface area contributed by atoms with Gasteiger partial charge in [-0.25, -0.2) is 15.4 Å². The highest BCUT2D eigenvalue weighted by Crippen LogP contribution is 2.25. The summed E-state index contributed by atoms with van der Waals surface area (Å²) in [7, 11) is 0. The molecule has 2 rings (SSSR count). The molecule has 2 N–H and O–H groups in total. The second-order valence-corrected chi connectivity index (χ2v) is 3.57. The molecule has 0 unspecified atom stereocenters. The van der Waals surface area contributed by atoms with E-state index in [4.69, 9.17) is 6.42 Å². The number of H-pyrrole nitrogens is 1. The van der Waals surface area contributed by atoms with Gasteiger partial charge in [0.2, 0.25) is 0 Å². The fourth-order valence-electron chi connectivity index (χ4n) is 1.05. The van der Waals surface area contributed by atoms with Crippen molar-refractivity contribution >= 4 is 17.2 Å². The molecule has 6 nitrogen and oxygen atoms in total. The van der Waals surface area contributed by atoms with Crippen LogP contribution in [0.1, 0.15) is 0 Å². The molecule has 0 aliphatic heterocycles. The molecular formula is C9H8N6S. The summed E-state index contributed by atoms with van der Waals surface area (Å²) in [6.45, 7) is 0.240. The Labute approximate surface area is 95.8 Å². The summed E-state index contributed by atoms with van der Waals surface area (Å²) >= 11 is 1.51. The Balaban J connectivity index is 2.12. The third-order valence-electron chi connectivity index (χ3n) is 1.67. The number of nitrogens with zero attached hydrogens (tertiary/aromatic N) is 4. The van der Waals surface area contributed by atoms with Crippen LogP contribution in [0.4, 0.5) is 5.82 Å². The normalized spacial score (nSPS) is 10.4. The molecule has 2 aromatic rings. The van der Waals surface area contributed by atoms with Crippen molar-refractivity contribution in [3.8, 4) is 23.0 Å². The molecule has 0 aromatic carbocycles. The Hall–Kier alpha value is -2.20. The molecule has 0 saturated heterocycles. The van der Waals surface area contributed by atoms with Gasteiger partial charge in [-0.1, -0.05) is 11.1 Å². The van der Waals surface area contributed by atoms with E-state index < -0.39 is 0 Å². The van der Waals surface area contributed by atoms with Crippen LogP contribution in [-0.2, 0) is 0 Å². The first-order valence-corrected chi connectivity index (χ1v) is 5.29. The molecule has 16 heavy (non-hydrogen) atoms. The Bertz CT molecular complexity index is 506. The molecule has 0 amide bonds. The van der Waals surface area contributed by atoms with Gasteiger partial charge < -0.3 is 4.98 Å². The van der Waals surface area contributed by atoms with Gasteiger partial charge >= 0.3 is 0 Å². The smallest absolute Gasteiger partial charge is 0.176 e. The van der Waals surface area contributed by atoms with Crippen LogP contribution in [0.2, 0.25) is 0 Å². The fraction of sp³-hybridized carbons (Fsp3) is 0.111. The third kappa shape index (κ3) is 2.24. The van der Waals surface area contributed by atoms with Gasteiger partial charge in [-0.05, 0) is 0 Å². The summed E-state index contributed by atoms with van der Waals surface area (Å²) < 4.78 is 0. The summed E-state index contributed by atoms with van der Waals surface area (Å²) in [5.41, 5.74) is 3.49. The molecular weight excluding hydrogens is 224 g/mol. The van der Waals surface area contributed by atoms with Crippen LogP contribution in [-0.4, -0.2) is 21.5 Å². The van der Waals surface area contributed by atoms with Crippen molar-refractivity contribution in [1.82, 2.24) is 15.0 Å². The summed E-state index contributed by atoms with van der Waals surface area (Å²) in [4.78, 5) is 11.2. The van der Waals surface area contributed by atoms with Crippen molar-refractivity contribution in [2.24, 2.45) is 10.3 Å². The Kier molecular flexibility index (Phi) is 3.25. The zero-order valence-electron chi connectivity index (χ0n) is 8.21. The van der Waals surface area contributed by atoms with Crippen molar-refractivity contribution in [2.75, 3.05) is 12.0 Å². The van der Waals surface area contributed by atoms with Gasteiger partial charge in [0.1, 0.15) is 17.2 Å². The number of terminal acetylenes is 1. The summed E-state index contributed by atoms with van der Waals surface area (Å²) in [6.07, 6.45) is 8.33. The van der Waals surface area contributed by atoms with Crippen LogP contribution < -0.4 is 5.43 Å². The molecule has 0 spiro atoms. The van der Waals surface area contributed by atoms with E-state index in [0.29, 0.717) is 5.82 Å². The number of aromatic amines is 1. The third-order valence-corrected chi connectivity index (χ3v) is 2.46. The second kappa shape index (κ2) is 5.04. The van der Waals surface area contributed by atoms with Crippen LogP contribution in [0.15, 0.2) is 28.2 Å². The summed E-state index contributed by atoms with van der Waals surface area (Å²) in [5, 5.41) is 10.1. The zero-order chi connectivity index (χ0) is 11.2. The quantitative estimate of drug-likeness (QED) is 0.480. The van der Waals surface area contributed by atoms with E-state index in [1.165, 1.54) is 11.3 Å². The van der Waals surface area contributed by atoms with Crippen LogP contribution >= 0.6 is 11.3 Å². The van der Waals surface area contributed by atoms with Gasteiger partial charge in [-0.2, -0.15) is 5.11 Å². The lowest BCUT2D eigenvalue weighted by Crippen LogP contribution is -1.90. The lowest BCUT2D eigenvalue weighted by atomic mass is 10.4. The largest absolute Gasteiger partial charge is 0.341 e. The van der Waals surface area contributed by atoms with E-state index in [2.05, 4.69) is 36.6 Å². The van der Waals surface area contributed by atoms with Crippen molar-refractivity contribution in [1.29, 1.82) is 0 Å². The number of rotatable bonds is 4. The van der Waals surface area contributed by atoms with Crippen LogP contribution in [0.3, 0.4) is 0 Å². The number of nitrogens with one attached hydrogen (secondary N) is 2. The van der Waals surface area contributed by atoms with Crippen molar-refractivity contribution in [3.05, 3.63) is 17.9 Å². The number of anilines is 1. The number of aromatic nitrogens is 3. The minimum atomic E-state index is 0.240. The monoisotopic (exact) mass is 232 g/mol. The number of thiazole rings is 1. The van der Waals surface area contributed by atoms with Crippen molar-refractivity contribution in [2.45, 2.75) is 0 Å². The van der Waals surface area contributed by atoms with E-state index in [9.17, 15) is 0 Å². The van der Waals surface area contributed by atoms with E-state index in [1.54, 1.807) is 12.5 Å². The maximum Gasteiger partial charge on any atom is 0.176 e. The van der Waals surface area contributed by atoms with Crippen molar-refractivity contribution in [3.63, 3.8) is 0 Å². The highest BCUT2D eigenvalue weighted by molar-refractivity contribution is 7.13. The zero-order valence-corrected chi connectivity index (χ0v) is 9.03. The van der Waals surface area contributed by atoms with Gasteiger partial charge in [0.15, 0.2) is 5.82 Å². The molecule has 80 valence electrons. The highest BCUT2D eigenvalue weighted by atomic mass is 32.1. The van der Waals surface area contributed by atoms with E-state index in [-0.39, 0.29) is 6.54 Å². The van der Waals surface area contributed by atoms with Gasteiger partial charge in [-0.15, -0.1) is 17.8 Å². The topological polar surface area (TPSA) is 78.3 Å². The van der Waals surface area contributed by atoms with E-state index in [0.717, 1.165) is 10.7 Å². The number of hydrogen-bond donors (Lipinski definition) is 2. The molecule has 0 aliphatic rings. The van der Waals surface area contributed by atoms with Gasteiger partial charge in [0.25, 0.3) is 0 Å². The van der Waals surface area contributed by atoms with Gasteiger partial charge in [0.05, 0.1) is 6.33 Å². The van der Waals surface area contributed by atoms with E-state index in [1.807, 2.05) is 5.38 Å². The first-order chi connectivity index (χ1) is 7.92. The Morgan fingerprint density at radius 3 is 3.25 bits per heavy atom. The number of imidazole rings is 1. The molecule has 7 heteroatoms. The summed E-state index contributed by atoms with van der Waals surface area (Å²) in [6, 6.07) is 0. The molecule has 0 atom stereocenters. The average molecular weight is 232 g/mol. The minimum Gasteiger partial charge on any atom is -0.341 e. The first-order valence-electron chi connectivity index (χ1n) is 4.41. The molecule has 0 bridgehead atoms. The molecule has 0 radical (unpaired) electrons. The van der Waals surface area contributed by atoms with Crippen LogP contribution in [0.5, 0.6) is 0 Å². The number of hydrogen-bond acceptors (Lipinski definition) is 5. The molecule has 0 aliphatic carbocycles. The maximum absolute atomic E-state index is 5.03. The minimum absolute atomic E-state index is 0.240. The standard InChI is InChI=1S/C9H8N6S/c1-2-3-13-15-14-8-7(11-6-12-8)9-10-4-5-16-9/h1,4-6H,3H2,(H,11,12)(H,13,14). The fourth-order valence-corrected chi connectivity index (χ4v) is 1.69. The molecule has 2 aromatic heterocycles. The van der Waals surface area contributed by atoms with Crippen molar-refractivity contribution < 1.29 is 0 Å². The molecule has 2 heterocycles. The van der Waals surface area contributed by atoms with Gasteiger partial charge in [-0.3, -0.25) is 0 Å². The lowest BCUT2D eigenvalue weighted by Gasteiger charge is -1.96. The molecule has 0 fully saturated rings. The highest BCUT2D eigenvalue weighted by Gasteiger charge is 2.09. The summed E-state index contributed by atoms with van der Waals surface area (Å²) in [5.74, 6) is 2.93. The average Bonchev–Trinajstić information content (AvgIpc) is 2.94. The van der Waals surface area contributed by atoms with Crippen LogP contribution in [0.25, 0.3) is 10.7 Å². The van der Waals surface area contributed by atoms with Crippen LogP contribution in [0, 0.1) is 12.3 Å². The Morgan fingerprint density at radius 1 is 1.56 bits per heavy atom. The maximum atomic E-state index is 5.03. The van der Waals surface area contributed by atoms with E-state index >= 15 is 0 Å². The van der Waals surface area contributed by atoms with Gasteiger partial charge in [0, 0.05) is 11.6 Å². The SMILES string of the molecule is C#CCN=NNc1nc[nH]c1-c1nccs1. The first kappa shape index (κ1) is 10.3. The molecule has 0 saturated carbocycles. The predicted octanol–water partition coefficient (Wildman–Crippen LogP) is 1.95. The Morgan fingerprint density at radius 2 is 2.50 bits per heavy atom. The predicted molar refractivity (Wildman–Crippen MR) is 61.9 cm³/mol.